The molecule has 0 N–H and O–H groups in total. The summed E-state index contributed by atoms with van der Waals surface area (Å²) < 4.78 is 0. The largest absolute Gasteiger partial charge is 0.0834 e. The quantitative estimate of drug-likeness (QED) is 0.157. The molecule has 0 saturated carbocycles. The van der Waals surface area contributed by atoms with Crippen molar-refractivity contribution >= 4 is 86.2 Å². The molecule has 0 radical (unpaired) electrons. The first kappa shape index (κ1) is 32.8. The Hall–Kier alpha value is -7.28. The Morgan fingerprint density at radius 2 is 0.915 bits per heavy atom. The van der Waals surface area contributed by atoms with Crippen molar-refractivity contribution in [2.24, 2.45) is 0 Å². The van der Waals surface area contributed by atoms with Crippen LogP contribution in [0.25, 0.3) is 120 Å². The summed E-state index contributed by atoms with van der Waals surface area (Å²) in [6, 6.07) is 66.4. The lowest BCUT2D eigenvalue weighted by molar-refractivity contribution is 0.602. The standard InChI is InChI=1S/C59H38/c1-59(30-14-5-15-31-59)51-35-47-46(33-45(51)36-18-6-2-7-19-36)42-27-17-28-43-54(42)48(47)34-50-52(37-20-8-3-9-21-37)57-44-29-16-26-41-40-25-13-12-24-39(40)32-49(55(41)44)58(57)53(56(43)50)38-22-10-4-11-23-38/h2-30,32-35H,31H2,1H3. The SMILES string of the molecule is CC1(c2cc3c(cc2-c2ccccc2)c2cccc4c5c(-c6ccccc6)c6c7cc8ccccc8c8cccc(c6c(-c6ccccc6)c5cc3c24)c87)C=CC=CC1. The summed E-state index contributed by atoms with van der Waals surface area (Å²) in [5.41, 5.74) is 8.94. The van der Waals surface area contributed by atoms with Gasteiger partial charge in [0.1, 0.15) is 0 Å². The lowest BCUT2D eigenvalue weighted by Gasteiger charge is -2.30. The number of fused-ring (bicyclic) bond motifs is 10. The third-order valence-electron chi connectivity index (χ3n) is 13.7. The van der Waals surface area contributed by atoms with Crippen molar-refractivity contribution in [3.05, 3.63) is 206 Å². The van der Waals surface area contributed by atoms with Gasteiger partial charge in [-0.05, 0) is 156 Å². The molecule has 0 saturated heterocycles. The zero-order valence-corrected chi connectivity index (χ0v) is 32.8. The van der Waals surface area contributed by atoms with E-state index in [9.17, 15) is 0 Å². The van der Waals surface area contributed by atoms with Crippen molar-refractivity contribution < 1.29 is 0 Å². The second-order valence-corrected chi connectivity index (χ2v) is 16.9. The summed E-state index contributed by atoms with van der Waals surface area (Å²) in [6.45, 7) is 2.41. The second-order valence-electron chi connectivity index (χ2n) is 16.9. The number of hydrogen-bond donors (Lipinski definition) is 0. The molecule has 1 unspecified atom stereocenters. The molecule has 0 fully saturated rings. The van der Waals surface area contributed by atoms with E-state index in [1.165, 1.54) is 125 Å². The molecule has 0 heterocycles. The van der Waals surface area contributed by atoms with Crippen LogP contribution in [0, 0.1) is 0 Å². The number of hydrogen-bond acceptors (Lipinski definition) is 0. The van der Waals surface area contributed by atoms with E-state index in [4.69, 9.17) is 0 Å². The van der Waals surface area contributed by atoms with Gasteiger partial charge in [-0.1, -0.05) is 183 Å². The first-order valence-corrected chi connectivity index (χ1v) is 20.9. The molecule has 59 heavy (non-hydrogen) atoms. The zero-order chi connectivity index (χ0) is 38.8. The first-order chi connectivity index (χ1) is 29.2. The highest BCUT2D eigenvalue weighted by Crippen LogP contribution is 2.56. The minimum absolute atomic E-state index is 0.135. The van der Waals surface area contributed by atoms with Crippen molar-refractivity contribution in [3.63, 3.8) is 0 Å². The topological polar surface area (TPSA) is 0 Å². The van der Waals surface area contributed by atoms with Crippen LogP contribution in [-0.4, -0.2) is 0 Å². The number of rotatable bonds is 4. The van der Waals surface area contributed by atoms with Crippen LogP contribution in [0.2, 0.25) is 0 Å². The van der Waals surface area contributed by atoms with Crippen molar-refractivity contribution in [2.45, 2.75) is 18.8 Å². The van der Waals surface area contributed by atoms with Crippen molar-refractivity contribution in [3.8, 4) is 33.4 Å². The lowest BCUT2D eigenvalue weighted by Crippen LogP contribution is -2.20. The fourth-order valence-corrected chi connectivity index (χ4v) is 11.1. The van der Waals surface area contributed by atoms with Gasteiger partial charge in [-0.25, -0.2) is 0 Å². The molecule has 0 heteroatoms. The summed E-state index contributed by atoms with van der Waals surface area (Å²) in [5.74, 6) is 0. The van der Waals surface area contributed by atoms with E-state index in [0.717, 1.165) is 6.42 Å². The van der Waals surface area contributed by atoms with Crippen LogP contribution >= 0.6 is 0 Å². The minimum Gasteiger partial charge on any atom is -0.0834 e. The van der Waals surface area contributed by atoms with E-state index in [-0.39, 0.29) is 5.41 Å². The average molecular weight is 747 g/mol. The predicted molar refractivity (Wildman–Crippen MR) is 255 cm³/mol. The Balaban J connectivity index is 1.30. The van der Waals surface area contributed by atoms with Crippen LogP contribution in [0.4, 0.5) is 0 Å². The van der Waals surface area contributed by atoms with Gasteiger partial charge in [0, 0.05) is 5.41 Å². The maximum absolute atomic E-state index is 2.58. The molecule has 12 aromatic rings. The van der Waals surface area contributed by atoms with E-state index in [2.05, 4.69) is 207 Å². The summed E-state index contributed by atoms with van der Waals surface area (Å²) in [6.07, 6.45) is 10.1. The molecule has 0 bridgehead atoms. The maximum atomic E-state index is 2.58. The van der Waals surface area contributed by atoms with Crippen LogP contribution < -0.4 is 0 Å². The van der Waals surface area contributed by atoms with Gasteiger partial charge in [0.05, 0.1) is 0 Å². The number of benzene rings is 10. The van der Waals surface area contributed by atoms with Gasteiger partial charge in [-0.15, -0.1) is 0 Å². The van der Waals surface area contributed by atoms with E-state index < -0.39 is 0 Å². The molecule has 0 amide bonds. The van der Waals surface area contributed by atoms with Gasteiger partial charge in [-0.2, -0.15) is 0 Å². The molecule has 1 aliphatic rings. The first-order valence-electron chi connectivity index (χ1n) is 20.9. The third kappa shape index (κ3) is 4.49. The van der Waals surface area contributed by atoms with Gasteiger partial charge in [0.2, 0.25) is 0 Å². The Kier molecular flexibility index (Phi) is 6.73. The molecule has 0 aromatic heterocycles. The van der Waals surface area contributed by atoms with Crippen LogP contribution in [0.5, 0.6) is 0 Å². The number of allylic oxidation sites excluding steroid dienone is 4. The van der Waals surface area contributed by atoms with Gasteiger partial charge >= 0.3 is 0 Å². The van der Waals surface area contributed by atoms with Crippen LogP contribution in [0.3, 0.4) is 0 Å². The van der Waals surface area contributed by atoms with E-state index in [0.29, 0.717) is 0 Å². The zero-order valence-electron chi connectivity index (χ0n) is 32.8. The Bertz CT molecular complexity index is 3720. The molecule has 0 spiro atoms. The van der Waals surface area contributed by atoms with Crippen LogP contribution in [-0.2, 0) is 5.41 Å². The van der Waals surface area contributed by atoms with E-state index in [1.54, 1.807) is 0 Å². The smallest absolute Gasteiger partial charge is 0.0148 e. The highest BCUT2D eigenvalue weighted by molar-refractivity contribution is 6.46. The fraction of sp³-hybridized carbons (Fsp3) is 0.0508. The molecule has 12 aromatic carbocycles. The molecule has 0 nitrogen and oxygen atoms in total. The van der Waals surface area contributed by atoms with Crippen molar-refractivity contribution in [2.75, 3.05) is 0 Å². The van der Waals surface area contributed by atoms with Gasteiger partial charge in [0.15, 0.2) is 0 Å². The highest BCUT2D eigenvalue weighted by Gasteiger charge is 2.30. The molecular weight excluding hydrogens is 709 g/mol. The van der Waals surface area contributed by atoms with Crippen molar-refractivity contribution in [1.82, 2.24) is 0 Å². The predicted octanol–water partition coefficient (Wildman–Crippen LogP) is 16.6. The van der Waals surface area contributed by atoms with Gasteiger partial charge in [-0.3, -0.25) is 0 Å². The third-order valence-corrected chi connectivity index (χ3v) is 13.7. The van der Waals surface area contributed by atoms with E-state index in [1.807, 2.05) is 0 Å². The average Bonchev–Trinajstić information content (AvgIpc) is 3.79. The summed E-state index contributed by atoms with van der Waals surface area (Å²) >= 11 is 0. The normalized spacial score (nSPS) is 15.7. The summed E-state index contributed by atoms with van der Waals surface area (Å²) in [5, 5.41) is 21.2. The minimum atomic E-state index is -0.135. The molecular formula is C59H38. The van der Waals surface area contributed by atoms with Crippen molar-refractivity contribution in [1.29, 1.82) is 0 Å². The maximum Gasteiger partial charge on any atom is 0.0148 e. The molecule has 13 rings (SSSR count). The fourth-order valence-electron chi connectivity index (χ4n) is 11.1. The van der Waals surface area contributed by atoms with Crippen LogP contribution in [0.15, 0.2) is 200 Å². The lowest BCUT2D eigenvalue weighted by atomic mass is 9.73. The highest BCUT2D eigenvalue weighted by atomic mass is 14.3. The molecule has 274 valence electrons. The van der Waals surface area contributed by atoms with Gasteiger partial charge < -0.3 is 0 Å². The van der Waals surface area contributed by atoms with E-state index >= 15 is 0 Å². The van der Waals surface area contributed by atoms with Gasteiger partial charge in [0.25, 0.3) is 0 Å². The van der Waals surface area contributed by atoms with Crippen LogP contribution in [0.1, 0.15) is 18.9 Å². The second kappa shape index (κ2) is 12.1. The molecule has 1 aliphatic carbocycles. The summed E-state index contributed by atoms with van der Waals surface area (Å²) in [7, 11) is 0. The Labute approximate surface area is 342 Å². The molecule has 1 atom stereocenters. The monoisotopic (exact) mass is 746 g/mol. The Morgan fingerprint density at radius 1 is 0.356 bits per heavy atom. The summed E-state index contributed by atoms with van der Waals surface area (Å²) in [4.78, 5) is 0. The Morgan fingerprint density at radius 3 is 1.63 bits per heavy atom. The molecule has 0 aliphatic heterocycles.